The Morgan fingerprint density at radius 2 is 1.62 bits per heavy atom. The number of hydrogen-bond acceptors (Lipinski definition) is 1. The van der Waals surface area contributed by atoms with Crippen LogP contribution in [0.3, 0.4) is 0 Å². The standard InChI is InChI=1S/C17H16F3N/c18-17(19,20)14-8-4-5-12(11-14)15(21)16(9-10-16)13-6-2-1-3-7-13/h1-8,11,15H,9-10,21H2. The van der Waals surface area contributed by atoms with Crippen molar-refractivity contribution >= 4 is 0 Å². The van der Waals surface area contributed by atoms with E-state index >= 15 is 0 Å². The van der Waals surface area contributed by atoms with E-state index in [1.54, 1.807) is 6.07 Å². The predicted octanol–water partition coefficient (Wildman–Crippen LogP) is 4.44. The first kappa shape index (κ1) is 14.1. The summed E-state index contributed by atoms with van der Waals surface area (Å²) in [4.78, 5) is 0. The zero-order valence-electron chi connectivity index (χ0n) is 11.4. The molecule has 2 aromatic carbocycles. The molecule has 0 saturated heterocycles. The average molecular weight is 291 g/mol. The molecule has 1 nitrogen and oxygen atoms in total. The van der Waals surface area contributed by atoms with Gasteiger partial charge in [-0.2, -0.15) is 13.2 Å². The van der Waals surface area contributed by atoms with Crippen molar-refractivity contribution in [3.63, 3.8) is 0 Å². The van der Waals surface area contributed by atoms with Crippen LogP contribution in [0.4, 0.5) is 13.2 Å². The van der Waals surface area contributed by atoms with Crippen molar-refractivity contribution in [1.29, 1.82) is 0 Å². The molecule has 3 rings (SSSR count). The Hall–Kier alpha value is -1.81. The molecule has 1 fully saturated rings. The van der Waals surface area contributed by atoms with Crippen LogP contribution in [0.5, 0.6) is 0 Å². The second-order valence-corrected chi connectivity index (χ2v) is 5.62. The summed E-state index contributed by atoms with van der Waals surface area (Å²) in [6, 6.07) is 14.8. The smallest absolute Gasteiger partial charge is 0.323 e. The Balaban J connectivity index is 1.95. The first-order valence-corrected chi connectivity index (χ1v) is 6.92. The van der Waals surface area contributed by atoms with Gasteiger partial charge < -0.3 is 5.73 Å². The SMILES string of the molecule is NC(c1cccc(C(F)(F)F)c1)C1(c2ccccc2)CC1. The van der Waals surface area contributed by atoms with E-state index < -0.39 is 17.8 Å². The molecule has 1 atom stereocenters. The number of hydrogen-bond donors (Lipinski definition) is 1. The van der Waals surface area contributed by atoms with Crippen molar-refractivity contribution in [1.82, 2.24) is 0 Å². The van der Waals surface area contributed by atoms with Crippen molar-refractivity contribution in [3.8, 4) is 0 Å². The summed E-state index contributed by atoms with van der Waals surface area (Å²) < 4.78 is 38.5. The van der Waals surface area contributed by atoms with Gasteiger partial charge in [0.1, 0.15) is 0 Å². The zero-order valence-corrected chi connectivity index (χ0v) is 11.4. The molecule has 1 aliphatic carbocycles. The van der Waals surface area contributed by atoms with Crippen LogP contribution in [-0.4, -0.2) is 0 Å². The first-order chi connectivity index (χ1) is 9.93. The van der Waals surface area contributed by atoms with E-state index in [0.29, 0.717) is 5.56 Å². The van der Waals surface area contributed by atoms with E-state index in [1.807, 2.05) is 30.3 Å². The van der Waals surface area contributed by atoms with Gasteiger partial charge in [0.25, 0.3) is 0 Å². The number of alkyl halides is 3. The normalized spacial score (nSPS) is 18.3. The van der Waals surface area contributed by atoms with Crippen LogP contribution in [0.2, 0.25) is 0 Å². The van der Waals surface area contributed by atoms with Gasteiger partial charge in [-0.1, -0.05) is 42.5 Å². The molecular formula is C17H16F3N. The number of benzene rings is 2. The highest BCUT2D eigenvalue weighted by molar-refractivity contribution is 5.39. The summed E-state index contributed by atoms with van der Waals surface area (Å²) in [5.74, 6) is 0. The van der Waals surface area contributed by atoms with E-state index in [9.17, 15) is 13.2 Å². The van der Waals surface area contributed by atoms with Crippen molar-refractivity contribution in [3.05, 3.63) is 71.3 Å². The van der Waals surface area contributed by atoms with Crippen LogP contribution in [0.15, 0.2) is 54.6 Å². The lowest BCUT2D eigenvalue weighted by molar-refractivity contribution is -0.137. The molecule has 0 aliphatic heterocycles. The first-order valence-electron chi connectivity index (χ1n) is 6.92. The molecule has 2 N–H and O–H groups in total. The van der Waals surface area contributed by atoms with Crippen molar-refractivity contribution in [2.24, 2.45) is 5.73 Å². The highest BCUT2D eigenvalue weighted by Gasteiger charge is 2.49. The summed E-state index contributed by atoms with van der Waals surface area (Å²) in [5, 5.41) is 0. The molecule has 21 heavy (non-hydrogen) atoms. The highest BCUT2D eigenvalue weighted by Crippen LogP contribution is 2.55. The summed E-state index contributed by atoms with van der Waals surface area (Å²) in [5.41, 5.74) is 7.11. The van der Waals surface area contributed by atoms with E-state index in [1.165, 1.54) is 12.1 Å². The minimum atomic E-state index is -4.33. The minimum absolute atomic E-state index is 0.217. The molecule has 0 amide bonds. The van der Waals surface area contributed by atoms with Gasteiger partial charge in [0, 0.05) is 11.5 Å². The van der Waals surface area contributed by atoms with Crippen molar-refractivity contribution in [2.45, 2.75) is 30.5 Å². The molecule has 1 unspecified atom stereocenters. The fourth-order valence-corrected chi connectivity index (χ4v) is 2.91. The number of rotatable bonds is 3. The topological polar surface area (TPSA) is 26.0 Å². The second-order valence-electron chi connectivity index (χ2n) is 5.62. The zero-order chi connectivity index (χ0) is 15.1. The molecule has 0 bridgehead atoms. The number of halogens is 3. The summed E-state index contributed by atoms with van der Waals surface area (Å²) in [7, 11) is 0. The predicted molar refractivity (Wildman–Crippen MR) is 75.7 cm³/mol. The fourth-order valence-electron chi connectivity index (χ4n) is 2.91. The Morgan fingerprint density at radius 1 is 0.952 bits per heavy atom. The average Bonchev–Trinajstić information content (AvgIpc) is 3.28. The Bertz CT molecular complexity index is 630. The van der Waals surface area contributed by atoms with Crippen LogP contribution < -0.4 is 5.73 Å². The largest absolute Gasteiger partial charge is 0.416 e. The van der Waals surface area contributed by atoms with Gasteiger partial charge in [0.05, 0.1) is 5.56 Å². The van der Waals surface area contributed by atoms with Crippen LogP contribution in [0.1, 0.15) is 35.6 Å². The summed E-state index contributed by atoms with van der Waals surface area (Å²) >= 11 is 0. The lowest BCUT2D eigenvalue weighted by Crippen LogP contribution is -2.26. The molecule has 110 valence electrons. The molecule has 0 radical (unpaired) electrons. The Kier molecular flexibility index (Phi) is 3.29. The minimum Gasteiger partial charge on any atom is -0.323 e. The third-order valence-corrected chi connectivity index (χ3v) is 4.31. The maximum absolute atomic E-state index is 12.8. The van der Waals surface area contributed by atoms with Crippen molar-refractivity contribution < 1.29 is 13.2 Å². The fraction of sp³-hybridized carbons (Fsp3) is 0.294. The maximum Gasteiger partial charge on any atom is 0.416 e. The molecule has 0 heterocycles. The number of nitrogens with two attached hydrogens (primary N) is 1. The van der Waals surface area contributed by atoms with Crippen LogP contribution >= 0.6 is 0 Å². The second kappa shape index (κ2) is 4.88. The quantitative estimate of drug-likeness (QED) is 0.889. The molecule has 1 saturated carbocycles. The maximum atomic E-state index is 12.8. The Labute approximate surface area is 121 Å². The van der Waals surface area contributed by atoms with Crippen LogP contribution in [0, 0.1) is 0 Å². The lowest BCUT2D eigenvalue weighted by Gasteiger charge is -2.25. The molecule has 2 aromatic rings. The Morgan fingerprint density at radius 3 is 2.19 bits per heavy atom. The van der Waals surface area contributed by atoms with Gasteiger partial charge in [0.2, 0.25) is 0 Å². The monoisotopic (exact) mass is 291 g/mol. The third-order valence-electron chi connectivity index (χ3n) is 4.31. The van der Waals surface area contributed by atoms with Gasteiger partial charge in [-0.25, -0.2) is 0 Å². The molecule has 0 aromatic heterocycles. The van der Waals surface area contributed by atoms with Gasteiger partial charge in [0.15, 0.2) is 0 Å². The van der Waals surface area contributed by atoms with E-state index in [-0.39, 0.29) is 5.41 Å². The lowest BCUT2D eigenvalue weighted by atomic mass is 9.84. The van der Waals surface area contributed by atoms with Crippen molar-refractivity contribution in [2.75, 3.05) is 0 Å². The van der Waals surface area contributed by atoms with Crippen LogP contribution in [0.25, 0.3) is 0 Å². The van der Waals surface area contributed by atoms with Gasteiger partial charge in [-0.05, 0) is 36.1 Å². The van der Waals surface area contributed by atoms with E-state index in [0.717, 1.165) is 24.5 Å². The third kappa shape index (κ3) is 2.56. The summed E-state index contributed by atoms with van der Waals surface area (Å²) in [6.45, 7) is 0. The molecular weight excluding hydrogens is 275 g/mol. The van der Waals surface area contributed by atoms with E-state index in [2.05, 4.69) is 0 Å². The van der Waals surface area contributed by atoms with Gasteiger partial charge in [-0.15, -0.1) is 0 Å². The van der Waals surface area contributed by atoms with Gasteiger partial charge >= 0.3 is 6.18 Å². The van der Waals surface area contributed by atoms with E-state index in [4.69, 9.17) is 5.73 Å². The summed E-state index contributed by atoms with van der Waals surface area (Å²) in [6.07, 6.45) is -2.51. The van der Waals surface area contributed by atoms with Gasteiger partial charge in [-0.3, -0.25) is 0 Å². The molecule has 1 aliphatic rings. The molecule has 0 spiro atoms. The van der Waals surface area contributed by atoms with Crippen LogP contribution in [-0.2, 0) is 11.6 Å². The highest BCUT2D eigenvalue weighted by atomic mass is 19.4. The molecule has 4 heteroatoms.